The van der Waals surface area contributed by atoms with E-state index in [1.54, 1.807) is 12.1 Å². The first-order valence-electron chi connectivity index (χ1n) is 4.09. The van der Waals surface area contributed by atoms with E-state index in [1.807, 2.05) is 0 Å². The summed E-state index contributed by atoms with van der Waals surface area (Å²) in [5.74, 6) is -3.68. The Morgan fingerprint density at radius 1 is 1.43 bits per heavy atom. The maximum absolute atomic E-state index is 12.9. The van der Waals surface area contributed by atoms with Crippen LogP contribution in [0, 0.1) is 5.92 Å². The number of alkyl halides is 3. The monoisotopic (exact) mass is 258 g/mol. The van der Waals surface area contributed by atoms with Crippen LogP contribution in [0.25, 0.3) is 0 Å². The minimum atomic E-state index is -2.77. The maximum atomic E-state index is 12.9. The van der Waals surface area contributed by atoms with Crippen LogP contribution >= 0.6 is 34.5 Å². The van der Waals surface area contributed by atoms with Crippen molar-refractivity contribution < 1.29 is 8.78 Å². The summed E-state index contributed by atoms with van der Waals surface area (Å²) in [5.41, 5.74) is 0. The van der Waals surface area contributed by atoms with E-state index in [0.717, 1.165) is 6.92 Å². The van der Waals surface area contributed by atoms with Gasteiger partial charge in [-0.3, -0.25) is 0 Å². The second kappa shape index (κ2) is 4.33. The molecule has 0 aliphatic carbocycles. The molecule has 0 amide bonds. The molecule has 0 saturated carbocycles. The maximum Gasteiger partial charge on any atom is 0.249 e. The lowest BCUT2D eigenvalue weighted by Crippen LogP contribution is -2.24. The van der Waals surface area contributed by atoms with Crippen LogP contribution in [-0.4, -0.2) is 5.92 Å². The zero-order chi connectivity index (χ0) is 10.9. The summed E-state index contributed by atoms with van der Waals surface area (Å²) in [6, 6.07) is 3.35. The molecular formula is C9H10Cl2F2S. The predicted octanol–water partition coefficient (Wildman–Crippen LogP) is 4.97. The highest BCUT2D eigenvalue weighted by atomic mass is 35.5. The van der Waals surface area contributed by atoms with Gasteiger partial charge in [0.05, 0.1) is 9.71 Å². The van der Waals surface area contributed by atoms with E-state index in [4.69, 9.17) is 23.2 Å². The Labute approximate surface area is 95.8 Å². The number of halogens is 4. The molecule has 5 heteroatoms. The lowest BCUT2D eigenvalue weighted by molar-refractivity contribution is -0.0336. The van der Waals surface area contributed by atoms with Gasteiger partial charge in [0.15, 0.2) is 0 Å². The Kier molecular flexibility index (Phi) is 3.78. The number of rotatable bonds is 3. The second-order valence-corrected chi connectivity index (χ2v) is 5.51. The first-order valence-corrected chi connectivity index (χ1v) is 5.72. The van der Waals surface area contributed by atoms with Gasteiger partial charge < -0.3 is 0 Å². The molecule has 2 unspecified atom stereocenters. The molecular weight excluding hydrogens is 249 g/mol. The smallest absolute Gasteiger partial charge is 0.207 e. The Bertz CT molecular complexity index is 306. The fourth-order valence-electron chi connectivity index (χ4n) is 0.980. The topological polar surface area (TPSA) is 0 Å². The van der Waals surface area contributed by atoms with E-state index < -0.39 is 17.2 Å². The summed E-state index contributed by atoms with van der Waals surface area (Å²) >= 11 is 12.9. The number of hydrogen-bond acceptors (Lipinski definition) is 1. The zero-order valence-electron chi connectivity index (χ0n) is 7.73. The normalized spacial score (nSPS) is 16.7. The fraction of sp³-hybridized carbons (Fsp3) is 0.556. The third-order valence-electron chi connectivity index (χ3n) is 2.10. The van der Waals surface area contributed by atoms with Crippen molar-refractivity contribution in [2.45, 2.75) is 25.1 Å². The highest BCUT2D eigenvalue weighted by molar-refractivity contribution is 7.16. The molecule has 2 atom stereocenters. The van der Waals surface area contributed by atoms with Crippen molar-refractivity contribution in [1.29, 1.82) is 0 Å². The van der Waals surface area contributed by atoms with Crippen LogP contribution in [0.5, 0.6) is 0 Å². The van der Waals surface area contributed by atoms with Crippen molar-refractivity contribution in [3.05, 3.63) is 21.3 Å². The van der Waals surface area contributed by atoms with Crippen molar-refractivity contribution in [2.24, 2.45) is 5.92 Å². The van der Waals surface area contributed by atoms with E-state index in [0.29, 0.717) is 9.21 Å². The van der Waals surface area contributed by atoms with E-state index in [9.17, 15) is 8.78 Å². The number of hydrogen-bond donors (Lipinski definition) is 0. The Hall–Kier alpha value is 0.140. The molecule has 0 N–H and O–H groups in total. The minimum absolute atomic E-state index is 0.567. The summed E-state index contributed by atoms with van der Waals surface area (Å²) < 4.78 is 26.5. The molecule has 1 heterocycles. The lowest BCUT2D eigenvalue weighted by Gasteiger charge is -2.23. The average Bonchev–Trinajstić information content (AvgIpc) is 2.47. The van der Waals surface area contributed by atoms with Crippen molar-refractivity contribution in [2.75, 3.05) is 0 Å². The highest BCUT2D eigenvalue weighted by Gasteiger charge is 2.36. The van der Waals surface area contributed by atoms with Gasteiger partial charge >= 0.3 is 0 Å². The van der Waals surface area contributed by atoms with Crippen molar-refractivity contribution >= 4 is 34.5 Å². The fourth-order valence-corrected chi connectivity index (χ4v) is 2.55. The molecule has 0 spiro atoms. The van der Waals surface area contributed by atoms with Crippen LogP contribution in [0.3, 0.4) is 0 Å². The molecule has 0 aromatic carbocycles. The van der Waals surface area contributed by atoms with Crippen LogP contribution in [0.1, 0.15) is 24.1 Å². The van der Waals surface area contributed by atoms with Gasteiger partial charge in [0.2, 0.25) is 5.92 Å². The van der Waals surface area contributed by atoms with E-state index in [-0.39, 0.29) is 0 Å². The summed E-state index contributed by atoms with van der Waals surface area (Å²) in [6.07, 6.45) is 0. The second-order valence-electron chi connectivity index (χ2n) is 3.29. The van der Waals surface area contributed by atoms with E-state index in [2.05, 4.69) is 0 Å². The molecule has 14 heavy (non-hydrogen) atoms. The summed E-state index contributed by atoms with van der Waals surface area (Å²) in [4.78, 5) is 0.686. The molecule has 0 aliphatic rings. The van der Waals surface area contributed by atoms with Gasteiger partial charge in [0, 0.05) is 10.8 Å². The highest BCUT2D eigenvalue weighted by Crippen LogP contribution is 2.41. The van der Waals surface area contributed by atoms with Gasteiger partial charge in [-0.15, -0.1) is 22.9 Å². The molecule has 1 aromatic heterocycles. The zero-order valence-corrected chi connectivity index (χ0v) is 10.1. The van der Waals surface area contributed by atoms with Crippen LogP contribution in [-0.2, 0) is 0 Å². The third-order valence-corrected chi connectivity index (χ3v) is 4.16. The average molecular weight is 259 g/mol. The minimum Gasteiger partial charge on any atom is -0.207 e. The SMILES string of the molecule is CC(C(Cl)c1ccc(Cl)s1)C(C)(F)F. The Morgan fingerprint density at radius 2 is 2.00 bits per heavy atom. The first-order chi connectivity index (χ1) is 6.32. The Morgan fingerprint density at radius 3 is 2.36 bits per heavy atom. The molecule has 0 fully saturated rings. The van der Waals surface area contributed by atoms with Crippen molar-refractivity contribution in [1.82, 2.24) is 0 Å². The standard InChI is InChI=1S/C9H10Cl2F2S/c1-5(9(2,12)13)8(11)6-3-4-7(10)14-6/h3-5,8H,1-2H3. The quantitative estimate of drug-likeness (QED) is 0.672. The van der Waals surface area contributed by atoms with Gasteiger partial charge in [0.25, 0.3) is 0 Å². The van der Waals surface area contributed by atoms with E-state index >= 15 is 0 Å². The van der Waals surface area contributed by atoms with Crippen LogP contribution < -0.4 is 0 Å². The van der Waals surface area contributed by atoms with Crippen molar-refractivity contribution in [3.8, 4) is 0 Å². The van der Waals surface area contributed by atoms with Crippen LogP contribution in [0.4, 0.5) is 8.78 Å². The largest absolute Gasteiger partial charge is 0.249 e. The molecule has 80 valence electrons. The molecule has 1 rings (SSSR count). The molecule has 0 bridgehead atoms. The molecule has 1 aromatic rings. The molecule has 0 nitrogen and oxygen atoms in total. The van der Waals surface area contributed by atoms with Gasteiger partial charge in [-0.1, -0.05) is 18.5 Å². The number of thiophene rings is 1. The van der Waals surface area contributed by atoms with Crippen molar-refractivity contribution in [3.63, 3.8) is 0 Å². The molecule has 0 radical (unpaired) electrons. The molecule has 0 saturated heterocycles. The molecule has 0 aliphatic heterocycles. The summed E-state index contributed by atoms with van der Waals surface area (Å²) in [6.45, 7) is 2.31. The third kappa shape index (κ3) is 2.81. The first kappa shape index (κ1) is 12.2. The van der Waals surface area contributed by atoms with Gasteiger partial charge in [-0.05, 0) is 19.1 Å². The Balaban J connectivity index is 2.80. The van der Waals surface area contributed by atoms with Crippen LogP contribution in [0.2, 0.25) is 4.34 Å². The summed E-state index contributed by atoms with van der Waals surface area (Å²) in [5, 5.41) is -0.688. The van der Waals surface area contributed by atoms with Gasteiger partial charge in [-0.25, -0.2) is 8.78 Å². The van der Waals surface area contributed by atoms with Gasteiger partial charge in [-0.2, -0.15) is 0 Å². The van der Waals surface area contributed by atoms with Crippen LogP contribution in [0.15, 0.2) is 12.1 Å². The van der Waals surface area contributed by atoms with Gasteiger partial charge in [0.1, 0.15) is 0 Å². The lowest BCUT2D eigenvalue weighted by atomic mass is 10.00. The van der Waals surface area contributed by atoms with E-state index in [1.165, 1.54) is 18.3 Å². The predicted molar refractivity (Wildman–Crippen MR) is 57.7 cm³/mol. The summed E-state index contributed by atoms with van der Waals surface area (Å²) in [7, 11) is 0.